The number of amides is 1. The van der Waals surface area contributed by atoms with Crippen LogP contribution in [0.15, 0.2) is 89.7 Å². The molecule has 7 nitrogen and oxygen atoms in total. The third-order valence-electron chi connectivity index (χ3n) is 7.64. The van der Waals surface area contributed by atoms with Crippen molar-refractivity contribution in [2.75, 3.05) is 6.54 Å². The Balaban J connectivity index is 1.50. The molecule has 192 valence electrons. The molecule has 0 radical (unpaired) electrons. The molecule has 3 atom stereocenters. The maximum Gasteiger partial charge on any atom is 0.407 e. The molecule has 5 rings (SSSR count). The molecule has 0 aliphatic carbocycles. The van der Waals surface area contributed by atoms with Crippen molar-refractivity contribution in [3.8, 4) is 0 Å². The molecule has 2 N–H and O–H groups in total. The molecule has 1 aliphatic heterocycles. The van der Waals surface area contributed by atoms with Gasteiger partial charge in [-0.3, -0.25) is 9.47 Å². The maximum atomic E-state index is 13.0. The molecule has 1 aliphatic rings. The van der Waals surface area contributed by atoms with Gasteiger partial charge in [-0.15, -0.1) is 0 Å². The fraction of sp³-hybridized carbons (Fsp3) is 0.333. The van der Waals surface area contributed by atoms with Crippen molar-refractivity contribution < 1.29 is 9.90 Å². The lowest BCUT2D eigenvalue weighted by Crippen LogP contribution is -2.56. The zero-order chi connectivity index (χ0) is 25.8. The van der Waals surface area contributed by atoms with Crippen molar-refractivity contribution in [3.63, 3.8) is 0 Å². The van der Waals surface area contributed by atoms with Gasteiger partial charge in [-0.05, 0) is 42.5 Å². The van der Waals surface area contributed by atoms with Crippen molar-refractivity contribution in [1.29, 1.82) is 0 Å². The Bertz CT molecular complexity index is 1340. The molecule has 7 heteroatoms. The smallest absolute Gasteiger partial charge is 0.407 e. The Kier molecular flexibility index (Phi) is 7.42. The number of carbonyl (C=O) groups is 1. The van der Waals surface area contributed by atoms with Crippen molar-refractivity contribution in [2.45, 2.75) is 57.4 Å². The molecule has 1 saturated heterocycles. The molecule has 3 aromatic carbocycles. The first-order valence-electron chi connectivity index (χ1n) is 13.1. The highest BCUT2D eigenvalue weighted by atomic mass is 16.4. The van der Waals surface area contributed by atoms with Crippen LogP contribution in [0, 0.1) is 0 Å². The van der Waals surface area contributed by atoms with Gasteiger partial charge in [0.15, 0.2) is 0 Å². The molecule has 37 heavy (non-hydrogen) atoms. The molecule has 3 unspecified atom stereocenters. The fourth-order valence-electron chi connectivity index (χ4n) is 5.95. The second kappa shape index (κ2) is 11.0. The fourth-order valence-corrected chi connectivity index (χ4v) is 5.95. The average Bonchev–Trinajstić information content (AvgIpc) is 3.25. The van der Waals surface area contributed by atoms with E-state index in [2.05, 4.69) is 41.1 Å². The molecule has 0 spiro atoms. The summed E-state index contributed by atoms with van der Waals surface area (Å²) in [7, 11) is 0. The van der Waals surface area contributed by atoms with Gasteiger partial charge in [-0.25, -0.2) is 9.59 Å². The number of hydrogen-bond acceptors (Lipinski definition) is 3. The summed E-state index contributed by atoms with van der Waals surface area (Å²) in [6.45, 7) is 3.97. The van der Waals surface area contributed by atoms with Crippen molar-refractivity contribution >= 4 is 17.1 Å². The number of hydrogen-bond donors (Lipinski definition) is 2. The lowest BCUT2D eigenvalue weighted by molar-refractivity contribution is 0.0293. The van der Waals surface area contributed by atoms with E-state index in [9.17, 15) is 14.7 Å². The van der Waals surface area contributed by atoms with Crippen LogP contribution >= 0.6 is 0 Å². The highest BCUT2D eigenvalue weighted by Crippen LogP contribution is 2.33. The summed E-state index contributed by atoms with van der Waals surface area (Å²) in [6, 6.07) is 28.1. The minimum Gasteiger partial charge on any atom is -0.465 e. The number of para-hydroxylation sites is 2. The summed E-state index contributed by atoms with van der Waals surface area (Å²) in [6.07, 6.45) is 1.10. The van der Waals surface area contributed by atoms with Crippen LogP contribution in [0.1, 0.15) is 43.4 Å². The predicted octanol–water partition coefficient (Wildman–Crippen LogP) is 5.49. The van der Waals surface area contributed by atoms with Crippen molar-refractivity contribution in [3.05, 3.63) is 107 Å². The van der Waals surface area contributed by atoms with Crippen LogP contribution in [-0.4, -0.2) is 49.2 Å². The number of rotatable bonds is 8. The Morgan fingerprint density at radius 2 is 1.57 bits per heavy atom. The first-order chi connectivity index (χ1) is 18.0. The normalized spacial score (nSPS) is 18.8. The number of aromatic nitrogens is 2. The first-order valence-corrected chi connectivity index (χ1v) is 13.1. The van der Waals surface area contributed by atoms with Crippen LogP contribution in [0.25, 0.3) is 11.0 Å². The average molecular weight is 499 g/mol. The summed E-state index contributed by atoms with van der Waals surface area (Å²) in [4.78, 5) is 32.4. The van der Waals surface area contributed by atoms with Crippen molar-refractivity contribution in [1.82, 2.24) is 19.4 Å². The predicted molar refractivity (Wildman–Crippen MR) is 146 cm³/mol. The van der Waals surface area contributed by atoms with Crippen LogP contribution in [0.5, 0.6) is 0 Å². The van der Waals surface area contributed by atoms with E-state index in [0.717, 1.165) is 30.5 Å². The molecule has 0 bridgehead atoms. The van der Waals surface area contributed by atoms with Crippen LogP contribution < -0.4 is 5.69 Å². The van der Waals surface area contributed by atoms with Gasteiger partial charge < -0.3 is 15.0 Å². The number of likely N-dealkylation sites (tertiary alicyclic amines) is 1. The third kappa shape index (κ3) is 5.32. The number of aromatic amines is 1. The molecule has 2 heterocycles. The van der Waals surface area contributed by atoms with E-state index in [1.54, 1.807) is 4.90 Å². The monoisotopic (exact) mass is 498 g/mol. The van der Waals surface area contributed by atoms with E-state index in [1.165, 1.54) is 11.1 Å². The van der Waals surface area contributed by atoms with Gasteiger partial charge in [0.2, 0.25) is 0 Å². The SMILES string of the molecule is CCC(C1CC(n2c(=O)[nH]c3ccccc32)CCN1C(=O)O)N(Cc1ccccc1)Cc1ccccc1. The minimum atomic E-state index is -0.896. The Hall–Kier alpha value is -3.84. The van der Waals surface area contributed by atoms with E-state index in [4.69, 9.17) is 0 Å². The molecular formula is C30H34N4O3. The first kappa shape index (κ1) is 24.8. The standard InChI is InChI=1S/C30H34N4O3/c1-2-26(32(20-22-11-5-3-6-12-22)21-23-13-7-4-8-14-23)28-19-24(17-18-33(28)30(36)37)34-27-16-10-9-15-25(27)31-29(34)35/h3-16,24,26,28H,2,17-21H2,1H3,(H,31,35)(H,36,37). The minimum absolute atomic E-state index is 0.0137. The topological polar surface area (TPSA) is 81.6 Å². The van der Waals surface area contributed by atoms with Crippen LogP contribution in [0.3, 0.4) is 0 Å². The summed E-state index contributed by atoms with van der Waals surface area (Å²) < 4.78 is 1.84. The van der Waals surface area contributed by atoms with E-state index < -0.39 is 6.09 Å². The highest BCUT2D eigenvalue weighted by molar-refractivity contribution is 5.75. The molecule has 1 fully saturated rings. The van der Waals surface area contributed by atoms with Gasteiger partial charge >= 0.3 is 11.8 Å². The lowest BCUT2D eigenvalue weighted by Gasteiger charge is -2.46. The summed E-state index contributed by atoms with van der Waals surface area (Å²) in [5, 5.41) is 10.2. The van der Waals surface area contributed by atoms with Gasteiger partial charge in [0.1, 0.15) is 0 Å². The number of nitrogens with one attached hydrogen (secondary N) is 1. The third-order valence-corrected chi connectivity index (χ3v) is 7.64. The second-order valence-corrected chi connectivity index (χ2v) is 9.89. The van der Waals surface area contributed by atoms with E-state index in [1.807, 2.05) is 65.2 Å². The van der Waals surface area contributed by atoms with Gasteiger partial charge in [-0.2, -0.15) is 0 Å². The molecule has 0 saturated carbocycles. The number of benzene rings is 3. The van der Waals surface area contributed by atoms with E-state index in [0.29, 0.717) is 19.4 Å². The van der Waals surface area contributed by atoms with E-state index in [-0.39, 0.29) is 23.8 Å². The Labute approximate surface area is 217 Å². The molecule has 4 aromatic rings. The second-order valence-electron chi connectivity index (χ2n) is 9.89. The number of fused-ring (bicyclic) bond motifs is 1. The lowest BCUT2D eigenvalue weighted by atomic mass is 9.89. The number of nitrogens with zero attached hydrogens (tertiary/aromatic N) is 3. The van der Waals surface area contributed by atoms with Crippen LogP contribution in [0.2, 0.25) is 0 Å². The number of piperidine rings is 1. The van der Waals surface area contributed by atoms with Gasteiger partial charge in [-0.1, -0.05) is 79.7 Å². The molecule has 1 amide bonds. The van der Waals surface area contributed by atoms with Gasteiger partial charge in [0, 0.05) is 31.7 Å². The Morgan fingerprint density at radius 1 is 0.973 bits per heavy atom. The molecular weight excluding hydrogens is 464 g/mol. The number of H-pyrrole nitrogens is 1. The quantitative estimate of drug-likeness (QED) is 0.336. The summed E-state index contributed by atoms with van der Waals surface area (Å²) in [5.41, 5.74) is 3.94. The van der Waals surface area contributed by atoms with Crippen LogP contribution in [0.4, 0.5) is 4.79 Å². The Morgan fingerprint density at radius 3 is 2.16 bits per heavy atom. The zero-order valence-corrected chi connectivity index (χ0v) is 21.2. The van der Waals surface area contributed by atoms with E-state index >= 15 is 0 Å². The molecule has 1 aromatic heterocycles. The summed E-state index contributed by atoms with van der Waals surface area (Å²) >= 11 is 0. The van der Waals surface area contributed by atoms with Crippen molar-refractivity contribution in [2.24, 2.45) is 0 Å². The number of imidazole rings is 1. The van der Waals surface area contributed by atoms with Gasteiger partial charge in [0.05, 0.1) is 17.1 Å². The van der Waals surface area contributed by atoms with Crippen LogP contribution in [-0.2, 0) is 13.1 Å². The summed E-state index contributed by atoms with van der Waals surface area (Å²) in [5.74, 6) is 0. The van der Waals surface area contributed by atoms with Gasteiger partial charge in [0.25, 0.3) is 0 Å². The maximum absolute atomic E-state index is 13.0. The number of carboxylic acid groups (broad SMARTS) is 1. The largest absolute Gasteiger partial charge is 0.465 e. The zero-order valence-electron chi connectivity index (χ0n) is 21.2. The highest BCUT2D eigenvalue weighted by Gasteiger charge is 2.39.